The normalized spacial score (nSPS) is 16.9. The summed E-state index contributed by atoms with van der Waals surface area (Å²) in [5.41, 5.74) is 0.919. The molecule has 2 rings (SSSR count). The molecule has 1 aliphatic heterocycles. The van der Waals surface area contributed by atoms with Gasteiger partial charge in [-0.15, -0.1) is 0 Å². The van der Waals surface area contributed by atoms with Gasteiger partial charge >= 0.3 is 0 Å². The molecule has 1 aromatic carbocycles. The summed E-state index contributed by atoms with van der Waals surface area (Å²) in [7, 11) is 0. The van der Waals surface area contributed by atoms with Gasteiger partial charge in [-0.2, -0.15) is 0 Å². The molecule has 0 N–H and O–H groups in total. The van der Waals surface area contributed by atoms with Crippen LogP contribution in [0.2, 0.25) is 0 Å². The maximum absolute atomic E-state index is 12.3. The van der Waals surface area contributed by atoms with Crippen molar-refractivity contribution in [2.45, 2.75) is 26.7 Å². The Bertz CT molecular complexity index is 569. The molecule has 3 nitrogen and oxygen atoms in total. The van der Waals surface area contributed by atoms with Crippen LogP contribution in [0.1, 0.15) is 32.3 Å². The number of amides is 1. The van der Waals surface area contributed by atoms with E-state index in [4.69, 9.17) is 17.0 Å². The minimum absolute atomic E-state index is 0.00264. The molecule has 1 heterocycles. The van der Waals surface area contributed by atoms with E-state index in [1.807, 2.05) is 37.3 Å². The molecule has 1 aliphatic rings. The molecule has 5 heteroatoms. The standard InChI is InChI=1S/C16H19NO2S2/c1-3-9-17-15(18)14(21-16(17)20)11-12-7-5-6-8-13(12)19-10-4-2/h5-8,11H,3-4,9-10H2,1-2H3/b14-11-. The highest BCUT2D eigenvalue weighted by molar-refractivity contribution is 8.26. The first-order valence-corrected chi connectivity index (χ1v) is 8.37. The van der Waals surface area contributed by atoms with Crippen LogP contribution in [0.5, 0.6) is 5.75 Å². The van der Waals surface area contributed by atoms with Gasteiger partial charge in [-0.25, -0.2) is 0 Å². The van der Waals surface area contributed by atoms with Gasteiger partial charge in [-0.1, -0.05) is 56.0 Å². The van der Waals surface area contributed by atoms with Crippen LogP contribution in [-0.2, 0) is 4.79 Å². The largest absolute Gasteiger partial charge is 0.493 e. The summed E-state index contributed by atoms with van der Waals surface area (Å²) in [5, 5.41) is 0. The van der Waals surface area contributed by atoms with Gasteiger partial charge in [0.05, 0.1) is 11.5 Å². The number of benzene rings is 1. The zero-order valence-corrected chi connectivity index (χ0v) is 13.9. The molecule has 0 spiro atoms. The quantitative estimate of drug-likeness (QED) is 0.583. The second-order valence-electron chi connectivity index (χ2n) is 4.72. The van der Waals surface area contributed by atoms with Gasteiger partial charge in [0.2, 0.25) is 0 Å². The van der Waals surface area contributed by atoms with Crippen molar-refractivity contribution in [3.63, 3.8) is 0 Å². The second kappa shape index (κ2) is 7.61. The van der Waals surface area contributed by atoms with Gasteiger partial charge in [0.1, 0.15) is 10.1 Å². The lowest BCUT2D eigenvalue weighted by atomic mass is 10.2. The molecule has 1 aromatic rings. The van der Waals surface area contributed by atoms with E-state index in [1.54, 1.807) is 4.90 Å². The van der Waals surface area contributed by atoms with Crippen LogP contribution in [0.15, 0.2) is 29.2 Å². The zero-order chi connectivity index (χ0) is 15.2. The van der Waals surface area contributed by atoms with Crippen LogP contribution in [0, 0.1) is 0 Å². The van der Waals surface area contributed by atoms with E-state index in [9.17, 15) is 4.79 Å². The number of carbonyl (C=O) groups excluding carboxylic acids is 1. The Morgan fingerprint density at radius 2 is 2.05 bits per heavy atom. The van der Waals surface area contributed by atoms with Gasteiger partial charge in [0.25, 0.3) is 5.91 Å². The van der Waals surface area contributed by atoms with Crippen molar-refractivity contribution >= 4 is 40.3 Å². The Morgan fingerprint density at radius 3 is 2.76 bits per heavy atom. The third kappa shape index (κ3) is 3.86. The maximum Gasteiger partial charge on any atom is 0.266 e. The number of para-hydroxylation sites is 1. The minimum atomic E-state index is -0.00264. The molecule has 0 aromatic heterocycles. The number of ether oxygens (including phenoxy) is 1. The van der Waals surface area contributed by atoms with E-state index in [0.717, 1.165) is 24.2 Å². The number of carbonyl (C=O) groups is 1. The number of hydrogen-bond acceptors (Lipinski definition) is 4. The monoisotopic (exact) mass is 321 g/mol. The summed E-state index contributed by atoms with van der Waals surface area (Å²) in [4.78, 5) is 14.7. The lowest BCUT2D eigenvalue weighted by Gasteiger charge is -2.12. The summed E-state index contributed by atoms with van der Waals surface area (Å²) in [5.74, 6) is 0.803. The molecule has 0 bridgehead atoms. The zero-order valence-electron chi connectivity index (χ0n) is 12.3. The van der Waals surface area contributed by atoms with Gasteiger partial charge in [0, 0.05) is 12.1 Å². The number of nitrogens with zero attached hydrogens (tertiary/aromatic N) is 1. The summed E-state index contributed by atoms with van der Waals surface area (Å²) in [6.45, 7) is 5.45. The van der Waals surface area contributed by atoms with E-state index >= 15 is 0 Å². The lowest BCUT2D eigenvalue weighted by Crippen LogP contribution is -2.28. The van der Waals surface area contributed by atoms with Crippen LogP contribution in [-0.4, -0.2) is 28.3 Å². The van der Waals surface area contributed by atoms with Gasteiger partial charge in [-0.3, -0.25) is 9.69 Å². The van der Waals surface area contributed by atoms with E-state index in [1.165, 1.54) is 11.8 Å². The van der Waals surface area contributed by atoms with Crippen molar-refractivity contribution in [1.82, 2.24) is 4.90 Å². The fourth-order valence-corrected chi connectivity index (χ4v) is 3.30. The first-order chi connectivity index (χ1) is 10.2. The van der Waals surface area contributed by atoms with Crippen LogP contribution in [0.4, 0.5) is 0 Å². The summed E-state index contributed by atoms with van der Waals surface area (Å²) < 4.78 is 6.36. The molecule has 0 atom stereocenters. The number of rotatable bonds is 6. The minimum Gasteiger partial charge on any atom is -0.493 e. The third-order valence-electron chi connectivity index (χ3n) is 2.99. The molecule has 1 saturated heterocycles. The molecule has 0 saturated carbocycles. The summed E-state index contributed by atoms with van der Waals surface area (Å²) in [6, 6.07) is 7.76. The third-order valence-corrected chi connectivity index (χ3v) is 4.37. The highest BCUT2D eigenvalue weighted by Gasteiger charge is 2.31. The van der Waals surface area contributed by atoms with Crippen molar-refractivity contribution in [3.05, 3.63) is 34.7 Å². The molecule has 0 aliphatic carbocycles. The molecule has 1 amide bonds. The number of thioether (sulfide) groups is 1. The summed E-state index contributed by atoms with van der Waals surface area (Å²) in [6.07, 6.45) is 3.73. The predicted octanol–water partition coefficient (Wildman–Crippen LogP) is 4.09. The molecule has 0 unspecified atom stereocenters. The van der Waals surface area contributed by atoms with Crippen molar-refractivity contribution in [3.8, 4) is 5.75 Å². The molecular formula is C16H19NO2S2. The number of hydrogen-bond donors (Lipinski definition) is 0. The fraction of sp³-hybridized carbons (Fsp3) is 0.375. The molecule has 0 radical (unpaired) electrons. The Balaban J connectivity index is 2.24. The summed E-state index contributed by atoms with van der Waals surface area (Å²) >= 11 is 6.64. The van der Waals surface area contributed by atoms with Crippen molar-refractivity contribution in [2.24, 2.45) is 0 Å². The van der Waals surface area contributed by atoms with Crippen molar-refractivity contribution in [2.75, 3.05) is 13.2 Å². The smallest absolute Gasteiger partial charge is 0.266 e. The van der Waals surface area contributed by atoms with Gasteiger partial charge in [0.15, 0.2) is 0 Å². The van der Waals surface area contributed by atoms with Crippen LogP contribution in [0.25, 0.3) is 6.08 Å². The average Bonchev–Trinajstić information content (AvgIpc) is 2.74. The first-order valence-electron chi connectivity index (χ1n) is 7.14. The first kappa shape index (κ1) is 16.0. The second-order valence-corrected chi connectivity index (χ2v) is 6.40. The Labute approximate surface area is 135 Å². The Hall–Kier alpha value is -1.33. The SMILES string of the molecule is CCCOc1ccccc1/C=C1\SC(=S)N(CCC)C1=O. The van der Waals surface area contributed by atoms with E-state index in [0.29, 0.717) is 22.4 Å². The van der Waals surface area contributed by atoms with Crippen LogP contribution in [0.3, 0.4) is 0 Å². The number of thiocarbonyl (C=S) groups is 1. The van der Waals surface area contributed by atoms with Crippen LogP contribution >= 0.6 is 24.0 Å². The molecule has 1 fully saturated rings. The highest BCUT2D eigenvalue weighted by Crippen LogP contribution is 2.34. The molecule has 21 heavy (non-hydrogen) atoms. The van der Waals surface area contributed by atoms with Crippen LogP contribution < -0.4 is 4.74 Å². The van der Waals surface area contributed by atoms with Crippen molar-refractivity contribution in [1.29, 1.82) is 0 Å². The average molecular weight is 321 g/mol. The Morgan fingerprint density at radius 1 is 1.29 bits per heavy atom. The fourth-order valence-electron chi connectivity index (χ4n) is 2.00. The maximum atomic E-state index is 12.3. The lowest BCUT2D eigenvalue weighted by molar-refractivity contribution is -0.122. The van der Waals surface area contributed by atoms with Crippen molar-refractivity contribution < 1.29 is 9.53 Å². The van der Waals surface area contributed by atoms with E-state index in [2.05, 4.69) is 6.92 Å². The highest BCUT2D eigenvalue weighted by atomic mass is 32.2. The topological polar surface area (TPSA) is 29.5 Å². The van der Waals surface area contributed by atoms with Gasteiger partial charge < -0.3 is 4.74 Å². The molecule has 112 valence electrons. The van der Waals surface area contributed by atoms with Gasteiger partial charge in [-0.05, 0) is 25.0 Å². The van der Waals surface area contributed by atoms with E-state index in [-0.39, 0.29) is 5.91 Å². The Kier molecular flexibility index (Phi) is 5.82. The predicted molar refractivity (Wildman–Crippen MR) is 92.4 cm³/mol. The van der Waals surface area contributed by atoms with E-state index < -0.39 is 0 Å². The molecular weight excluding hydrogens is 302 g/mol.